The molecular weight excluding hydrogens is 504 g/mol. The number of carbonyl (C=O) groups is 1. The minimum atomic E-state index is -0.538. The number of carbonyl (C=O) groups excluding carboxylic acids is 1. The predicted octanol–water partition coefficient (Wildman–Crippen LogP) is 5.52. The third kappa shape index (κ3) is 5.24. The summed E-state index contributed by atoms with van der Waals surface area (Å²) in [6.07, 6.45) is 4.42. The second kappa shape index (κ2) is 11.8. The van der Waals surface area contributed by atoms with Crippen molar-refractivity contribution in [1.82, 2.24) is 25.3 Å². The molecular formula is C31H36N6O3. The first kappa shape index (κ1) is 27.2. The fourth-order valence-corrected chi connectivity index (χ4v) is 5.31. The van der Waals surface area contributed by atoms with Crippen molar-refractivity contribution in [3.63, 3.8) is 0 Å². The number of fused-ring (bicyclic) bond motifs is 2. The SMILES string of the molecule is CCCC[C@H](NC(=O)[C@H](CN)c1c(C)[nH]c2ccc(OC)cc12)c1ncc(-c2cc3ccccc3nc2OC)[nH]1. The Balaban J connectivity index is 1.46. The number of amides is 1. The van der Waals surface area contributed by atoms with Gasteiger partial charge >= 0.3 is 0 Å². The van der Waals surface area contributed by atoms with E-state index < -0.39 is 5.92 Å². The van der Waals surface area contributed by atoms with Crippen molar-refractivity contribution in [2.75, 3.05) is 20.8 Å². The van der Waals surface area contributed by atoms with E-state index in [9.17, 15) is 4.79 Å². The van der Waals surface area contributed by atoms with Crippen LogP contribution in [0.25, 0.3) is 33.1 Å². The number of nitrogens with one attached hydrogen (secondary N) is 3. The Hall–Kier alpha value is -4.37. The number of aromatic amines is 2. The molecule has 0 aliphatic heterocycles. The zero-order chi connectivity index (χ0) is 28.2. The van der Waals surface area contributed by atoms with Crippen LogP contribution in [0.5, 0.6) is 11.6 Å². The largest absolute Gasteiger partial charge is 0.497 e. The number of pyridine rings is 1. The number of H-pyrrole nitrogens is 2. The topological polar surface area (TPSA) is 131 Å². The molecule has 0 saturated carbocycles. The summed E-state index contributed by atoms with van der Waals surface area (Å²) in [7, 11) is 3.24. The molecule has 0 aliphatic rings. The first-order valence-electron chi connectivity index (χ1n) is 13.6. The molecule has 3 heterocycles. The van der Waals surface area contributed by atoms with E-state index in [0.717, 1.165) is 69.3 Å². The number of para-hydroxylation sites is 1. The number of nitrogens with zero attached hydrogens (tertiary/aromatic N) is 2. The summed E-state index contributed by atoms with van der Waals surface area (Å²) in [6, 6.07) is 15.4. The van der Waals surface area contributed by atoms with Gasteiger partial charge in [-0.3, -0.25) is 4.79 Å². The number of ether oxygens (including phenoxy) is 2. The standard InChI is InChI=1S/C31H36N6O3/c1-5-6-10-26(29-33-17-27(35-29)22-14-19-9-7-8-11-24(19)37-31(22)40-4)36-30(38)23(16-32)28-18(2)34-25-13-12-20(39-3)15-21(25)28/h7-9,11-15,17,23,26,34H,5-6,10,16,32H2,1-4H3,(H,33,35)(H,36,38)/t23-,26+/m1/s1. The van der Waals surface area contributed by atoms with E-state index in [1.54, 1.807) is 20.4 Å². The van der Waals surface area contributed by atoms with Crippen molar-refractivity contribution in [3.8, 4) is 22.9 Å². The van der Waals surface area contributed by atoms with Gasteiger partial charge < -0.3 is 30.5 Å². The maximum absolute atomic E-state index is 13.8. The Morgan fingerprint density at radius 1 is 1.10 bits per heavy atom. The molecule has 5 rings (SSSR count). The van der Waals surface area contributed by atoms with Gasteiger partial charge in [-0.05, 0) is 49.2 Å². The van der Waals surface area contributed by atoms with Gasteiger partial charge in [0.15, 0.2) is 0 Å². The number of benzene rings is 2. The highest BCUT2D eigenvalue weighted by atomic mass is 16.5. The second-order valence-corrected chi connectivity index (χ2v) is 9.99. The van der Waals surface area contributed by atoms with Crippen molar-refractivity contribution in [2.45, 2.75) is 45.1 Å². The summed E-state index contributed by atoms with van der Waals surface area (Å²) >= 11 is 0. The van der Waals surface area contributed by atoms with Gasteiger partial charge in [0.05, 0.1) is 49.2 Å². The van der Waals surface area contributed by atoms with E-state index in [-0.39, 0.29) is 18.5 Å². The van der Waals surface area contributed by atoms with Crippen LogP contribution in [0.15, 0.2) is 54.7 Å². The van der Waals surface area contributed by atoms with Crippen LogP contribution in [0.3, 0.4) is 0 Å². The summed E-state index contributed by atoms with van der Waals surface area (Å²) in [6.45, 7) is 4.26. The molecule has 5 aromatic rings. The van der Waals surface area contributed by atoms with E-state index in [0.29, 0.717) is 11.7 Å². The van der Waals surface area contributed by atoms with Crippen LogP contribution in [-0.2, 0) is 4.79 Å². The van der Waals surface area contributed by atoms with Gasteiger partial charge in [-0.15, -0.1) is 0 Å². The number of hydrogen-bond donors (Lipinski definition) is 4. The van der Waals surface area contributed by atoms with E-state index in [2.05, 4.69) is 32.2 Å². The van der Waals surface area contributed by atoms with Gasteiger partial charge in [-0.1, -0.05) is 38.0 Å². The zero-order valence-corrected chi connectivity index (χ0v) is 23.4. The monoisotopic (exact) mass is 540 g/mol. The average Bonchev–Trinajstić information content (AvgIpc) is 3.59. The van der Waals surface area contributed by atoms with Crippen LogP contribution in [0.4, 0.5) is 0 Å². The molecule has 2 atom stereocenters. The number of nitrogens with two attached hydrogens (primary N) is 1. The molecule has 0 fully saturated rings. The molecule has 0 saturated heterocycles. The average molecular weight is 541 g/mol. The van der Waals surface area contributed by atoms with Gasteiger partial charge in [-0.2, -0.15) is 0 Å². The lowest BCUT2D eigenvalue weighted by atomic mass is 9.94. The molecule has 0 bridgehead atoms. The molecule has 208 valence electrons. The molecule has 9 nitrogen and oxygen atoms in total. The summed E-state index contributed by atoms with van der Waals surface area (Å²) in [5.41, 5.74) is 11.4. The lowest BCUT2D eigenvalue weighted by Gasteiger charge is -2.21. The van der Waals surface area contributed by atoms with E-state index in [1.807, 2.05) is 55.5 Å². The molecule has 0 spiro atoms. The van der Waals surface area contributed by atoms with Crippen molar-refractivity contribution in [1.29, 1.82) is 0 Å². The smallest absolute Gasteiger partial charge is 0.229 e. The Bertz CT molecular complexity index is 1640. The fourth-order valence-electron chi connectivity index (χ4n) is 5.31. The predicted molar refractivity (Wildman–Crippen MR) is 158 cm³/mol. The van der Waals surface area contributed by atoms with Crippen LogP contribution in [0, 0.1) is 6.92 Å². The van der Waals surface area contributed by atoms with Crippen LogP contribution < -0.4 is 20.5 Å². The molecule has 5 N–H and O–H groups in total. The quantitative estimate of drug-likeness (QED) is 0.174. The minimum Gasteiger partial charge on any atom is -0.497 e. The fraction of sp³-hybridized carbons (Fsp3) is 0.323. The molecule has 0 unspecified atom stereocenters. The Morgan fingerprint density at radius 2 is 1.93 bits per heavy atom. The molecule has 2 aromatic carbocycles. The van der Waals surface area contributed by atoms with E-state index in [4.69, 9.17) is 15.2 Å². The van der Waals surface area contributed by atoms with E-state index >= 15 is 0 Å². The Labute approximate surface area is 233 Å². The highest BCUT2D eigenvalue weighted by Crippen LogP contribution is 2.34. The number of unbranched alkanes of at least 4 members (excludes halogenated alkanes) is 1. The maximum Gasteiger partial charge on any atom is 0.229 e. The molecule has 0 aliphatic carbocycles. The third-order valence-electron chi connectivity index (χ3n) is 7.40. The normalized spacial score (nSPS) is 12.9. The summed E-state index contributed by atoms with van der Waals surface area (Å²) in [5.74, 6) is 1.24. The van der Waals surface area contributed by atoms with Gasteiger partial charge in [0.2, 0.25) is 11.8 Å². The van der Waals surface area contributed by atoms with Crippen molar-refractivity contribution < 1.29 is 14.3 Å². The van der Waals surface area contributed by atoms with Crippen LogP contribution >= 0.6 is 0 Å². The first-order chi connectivity index (χ1) is 19.5. The van der Waals surface area contributed by atoms with Crippen molar-refractivity contribution in [2.24, 2.45) is 5.73 Å². The number of imidazole rings is 1. The Morgan fingerprint density at radius 3 is 2.67 bits per heavy atom. The molecule has 1 amide bonds. The maximum atomic E-state index is 13.8. The molecule has 3 aromatic heterocycles. The number of methoxy groups -OCH3 is 2. The summed E-state index contributed by atoms with van der Waals surface area (Å²) in [4.78, 5) is 30.0. The number of rotatable bonds is 11. The Kier molecular flexibility index (Phi) is 8.02. The number of aromatic nitrogens is 4. The second-order valence-electron chi connectivity index (χ2n) is 9.99. The lowest BCUT2D eigenvalue weighted by Crippen LogP contribution is -2.36. The van der Waals surface area contributed by atoms with Crippen LogP contribution in [0.1, 0.15) is 55.2 Å². The third-order valence-corrected chi connectivity index (χ3v) is 7.40. The van der Waals surface area contributed by atoms with Gasteiger partial charge in [0, 0.05) is 28.5 Å². The van der Waals surface area contributed by atoms with Crippen molar-refractivity contribution in [3.05, 3.63) is 71.8 Å². The molecule has 9 heteroatoms. The molecule has 0 radical (unpaired) electrons. The number of hydrogen-bond acceptors (Lipinski definition) is 6. The zero-order valence-electron chi connectivity index (χ0n) is 23.4. The summed E-state index contributed by atoms with van der Waals surface area (Å²) in [5, 5.41) is 5.18. The van der Waals surface area contributed by atoms with Gasteiger partial charge in [0.25, 0.3) is 0 Å². The summed E-state index contributed by atoms with van der Waals surface area (Å²) < 4.78 is 11.0. The first-order valence-corrected chi connectivity index (χ1v) is 13.6. The minimum absolute atomic E-state index is 0.140. The lowest BCUT2D eigenvalue weighted by molar-refractivity contribution is -0.123. The number of aryl methyl sites for hydroxylation is 1. The van der Waals surface area contributed by atoms with Crippen molar-refractivity contribution >= 4 is 27.7 Å². The van der Waals surface area contributed by atoms with Gasteiger partial charge in [0.1, 0.15) is 11.6 Å². The molecule has 40 heavy (non-hydrogen) atoms. The highest BCUT2D eigenvalue weighted by Gasteiger charge is 2.28. The van der Waals surface area contributed by atoms with E-state index in [1.165, 1.54) is 0 Å². The van der Waals surface area contributed by atoms with Gasteiger partial charge in [-0.25, -0.2) is 9.97 Å². The highest BCUT2D eigenvalue weighted by molar-refractivity contribution is 5.94. The van der Waals surface area contributed by atoms with Crippen LogP contribution in [-0.4, -0.2) is 46.6 Å². The van der Waals surface area contributed by atoms with Crippen LogP contribution in [0.2, 0.25) is 0 Å².